The predicted molar refractivity (Wildman–Crippen MR) is 74.8 cm³/mol. The first kappa shape index (κ1) is 15.2. The summed E-state index contributed by atoms with van der Waals surface area (Å²) in [5.41, 5.74) is 0.487. The number of carboxylic acid groups (broad SMARTS) is 1. The van der Waals surface area contributed by atoms with Gasteiger partial charge < -0.3 is 9.67 Å². The highest BCUT2D eigenvalue weighted by molar-refractivity contribution is 7.90. The number of carboxylic acids is 1. The summed E-state index contributed by atoms with van der Waals surface area (Å²) in [7, 11) is -2.00. The number of aromatic carboxylic acids is 1. The maximum atomic E-state index is 12.4. The van der Waals surface area contributed by atoms with Gasteiger partial charge in [0.25, 0.3) is 0 Å². The lowest BCUT2D eigenvalue weighted by molar-refractivity contribution is 0.0696. The first-order valence-corrected chi connectivity index (χ1v) is 7.79. The molecule has 0 radical (unpaired) electrons. The summed E-state index contributed by atoms with van der Waals surface area (Å²) in [6.07, 6.45) is 0. The predicted octanol–water partition coefficient (Wildman–Crippen LogP) is 1.10. The van der Waals surface area contributed by atoms with Crippen molar-refractivity contribution in [1.82, 2.24) is 14.8 Å². The molecule has 0 saturated heterocycles. The molecule has 0 amide bonds. The fourth-order valence-electron chi connectivity index (χ4n) is 1.85. The van der Waals surface area contributed by atoms with Crippen molar-refractivity contribution in [3.8, 4) is 0 Å². The highest BCUT2D eigenvalue weighted by Crippen LogP contribution is 2.19. The first-order valence-electron chi connectivity index (χ1n) is 6.14. The molecular weight excluding hydrogens is 294 g/mol. The van der Waals surface area contributed by atoms with E-state index in [2.05, 4.69) is 10.2 Å². The van der Waals surface area contributed by atoms with E-state index in [4.69, 9.17) is 5.11 Å². The molecule has 0 aliphatic heterocycles. The van der Waals surface area contributed by atoms with Crippen LogP contribution in [0.15, 0.2) is 23.1 Å². The van der Waals surface area contributed by atoms with Crippen LogP contribution in [0, 0.1) is 13.8 Å². The van der Waals surface area contributed by atoms with Crippen LogP contribution in [0.4, 0.5) is 0 Å². The maximum absolute atomic E-state index is 12.4. The van der Waals surface area contributed by atoms with E-state index in [1.165, 1.54) is 18.2 Å². The second-order valence-corrected chi connectivity index (χ2v) is 6.75. The van der Waals surface area contributed by atoms with Gasteiger partial charge in [0.2, 0.25) is 0 Å². The van der Waals surface area contributed by atoms with Crippen molar-refractivity contribution in [3.63, 3.8) is 0 Å². The van der Waals surface area contributed by atoms with Crippen molar-refractivity contribution in [3.05, 3.63) is 41.0 Å². The Morgan fingerprint density at radius 3 is 2.48 bits per heavy atom. The Morgan fingerprint density at radius 2 is 1.95 bits per heavy atom. The molecule has 0 fully saturated rings. The zero-order chi connectivity index (χ0) is 15.8. The van der Waals surface area contributed by atoms with Crippen molar-refractivity contribution >= 4 is 15.8 Å². The van der Waals surface area contributed by atoms with Gasteiger partial charge in [0.1, 0.15) is 17.4 Å². The highest BCUT2D eigenvalue weighted by Gasteiger charge is 2.21. The highest BCUT2D eigenvalue weighted by atomic mass is 32.2. The molecule has 7 nitrogen and oxygen atoms in total. The van der Waals surface area contributed by atoms with Crippen LogP contribution < -0.4 is 0 Å². The Hall–Kier alpha value is -2.22. The van der Waals surface area contributed by atoms with Crippen LogP contribution in [-0.2, 0) is 22.6 Å². The summed E-state index contributed by atoms with van der Waals surface area (Å²) in [6.45, 7) is 3.34. The zero-order valence-electron chi connectivity index (χ0n) is 11.9. The van der Waals surface area contributed by atoms with Gasteiger partial charge in [-0.05, 0) is 31.5 Å². The molecule has 8 heteroatoms. The third-order valence-corrected chi connectivity index (χ3v) is 4.91. The monoisotopic (exact) mass is 309 g/mol. The third kappa shape index (κ3) is 2.94. The summed E-state index contributed by atoms with van der Waals surface area (Å²) >= 11 is 0. The van der Waals surface area contributed by atoms with Crippen LogP contribution in [0.3, 0.4) is 0 Å². The van der Waals surface area contributed by atoms with E-state index in [9.17, 15) is 13.2 Å². The van der Waals surface area contributed by atoms with Crippen molar-refractivity contribution < 1.29 is 18.3 Å². The van der Waals surface area contributed by atoms with Crippen LogP contribution >= 0.6 is 0 Å². The summed E-state index contributed by atoms with van der Waals surface area (Å²) in [4.78, 5) is 11.1. The van der Waals surface area contributed by atoms with E-state index < -0.39 is 15.8 Å². The number of benzene rings is 1. The summed E-state index contributed by atoms with van der Waals surface area (Å²) in [5.74, 6) is -0.564. The minimum Gasteiger partial charge on any atom is -0.478 e. The van der Waals surface area contributed by atoms with Crippen molar-refractivity contribution in [1.29, 1.82) is 0 Å². The van der Waals surface area contributed by atoms with Crippen molar-refractivity contribution in [2.45, 2.75) is 24.5 Å². The van der Waals surface area contributed by atoms with E-state index in [-0.39, 0.29) is 16.2 Å². The van der Waals surface area contributed by atoms with Gasteiger partial charge in [0, 0.05) is 7.05 Å². The van der Waals surface area contributed by atoms with Crippen LogP contribution in [0.25, 0.3) is 0 Å². The molecule has 0 aliphatic rings. The van der Waals surface area contributed by atoms with Crippen LogP contribution in [0.2, 0.25) is 0 Å². The lowest BCUT2D eigenvalue weighted by Crippen LogP contribution is -2.11. The maximum Gasteiger partial charge on any atom is 0.335 e. The van der Waals surface area contributed by atoms with Gasteiger partial charge in [-0.25, -0.2) is 13.2 Å². The molecule has 0 atom stereocenters. The van der Waals surface area contributed by atoms with E-state index in [1.54, 1.807) is 25.5 Å². The molecule has 0 bridgehead atoms. The molecule has 0 saturated carbocycles. The van der Waals surface area contributed by atoms with E-state index in [1.807, 2.05) is 0 Å². The smallest absolute Gasteiger partial charge is 0.335 e. The van der Waals surface area contributed by atoms with Gasteiger partial charge in [0.05, 0.1) is 10.5 Å². The summed E-state index contributed by atoms with van der Waals surface area (Å²) in [6, 6.07) is 4.06. The van der Waals surface area contributed by atoms with Crippen molar-refractivity contribution in [2.24, 2.45) is 7.05 Å². The molecule has 1 aromatic carbocycles. The van der Waals surface area contributed by atoms with Crippen LogP contribution in [0.1, 0.15) is 27.6 Å². The number of sulfone groups is 1. The Morgan fingerprint density at radius 1 is 1.29 bits per heavy atom. The molecule has 21 heavy (non-hydrogen) atoms. The molecule has 2 aromatic rings. The largest absolute Gasteiger partial charge is 0.478 e. The number of aromatic nitrogens is 3. The van der Waals surface area contributed by atoms with Crippen molar-refractivity contribution in [2.75, 3.05) is 0 Å². The van der Waals surface area contributed by atoms with Gasteiger partial charge in [0.15, 0.2) is 9.84 Å². The lowest BCUT2D eigenvalue weighted by atomic mass is 10.1. The number of nitrogens with zero attached hydrogens (tertiary/aromatic N) is 3. The first-order chi connectivity index (χ1) is 9.72. The second kappa shape index (κ2) is 5.28. The van der Waals surface area contributed by atoms with Crippen LogP contribution in [-0.4, -0.2) is 34.3 Å². The second-order valence-electron chi connectivity index (χ2n) is 4.76. The van der Waals surface area contributed by atoms with Gasteiger partial charge >= 0.3 is 5.97 Å². The lowest BCUT2D eigenvalue weighted by Gasteiger charge is -2.07. The number of hydrogen-bond donors (Lipinski definition) is 1. The Balaban J connectivity index is 2.43. The molecule has 1 aromatic heterocycles. The average Bonchev–Trinajstić information content (AvgIpc) is 2.70. The standard InChI is InChI=1S/C13H15N3O4S/c1-8-4-5-10(6-11(8)13(17)18)21(19,20)7-12-15-14-9(2)16(12)3/h4-6H,7H2,1-3H3,(H,17,18). The van der Waals surface area contributed by atoms with Crippen LogP contribution in [0.5, 0.6) is 0 Å². The topological polar surface area (TPSA) is 102 Å². The van der Waals surface area contributed by atoms with Gasteiger partial charge in [-0.3, -0.25) is 0 Å². The molecular formula is C13H15N3O4S. The van der Waals surface area contributed by atoms with E-state index in [0.29, 0.717) is 17.2 Å². The fourth-order valence-corrected chi connectivity index (χ4v) is 3.19. The third-order valence-electron chi connectivity index (χ3n) is 3.30. The fraction of sp³-hybridized carbons (Fsp3) is 0.308. The average molecular weight is 309 g/mol. The Bertz CT molecular complexity index is 809. The Labute approximate surface area is 122 Å². The molecule has 1 heterocycles. The minimum atomic E-state index is -3.68. The summed E-state index contributed by atoms with van der Waals surface area (Å²) in [5, 5.41) is 16.7. The summed E-state index contributed by atoms with van der Waals surface area (Å²) < 4.78 is 26.3. The minimum absolute atomic E-state index is 0.0229. The zero-order valence-corrected chi connectivity index (χ0v) is 12.7. The molecule has 112 valence electrons. The number of carbonyl (C=O) groups is 1. The van der Waals surface area contributed by atoms with Gasteiger partial charge in [-0.2, -0.15) is 0 Å². The molecule has 2 rings (SSSR count). The number of hydrogen-bond acceptors (Lipinski definition) is 5. The van der Waals surface area contributed by atoms with Gasteiger partial charge in [-0.1, -0.05) is 6.07 Å². The van der Waals surface area contributed by atoms with E-state index >= 15 is 0 Å². The number of rotatable bonds is 4. The number of aryl methyl sites for hydroxylation is 2. The molecule has 0 spiro atoms. The van der Waals surface area contributed by atoms with Gasteiger partial charge in [-0.15, -0.1) is 10.2 Å². The normalized spacial score (nSPS) is 11.6. The SMILES string of the molecule is Cc1ccc(S(=O)(=O)Cc2nnc(C)n2C)cc1C(=O)O. The Kier molecular flexibility index (Phi) is 3.82. The van der Waals surface area contributed by atoms with E-state index in [0.717, 1.165) is 0 Å². The molecule has 1 N–H and O–H groups in total. The molecule has 0 aliphatic carbocycles. The quantitative estimate of drug-likeness (QED) is 0.907. The molecule has 0 unspecified atom stereocenters.